The van der Waals surface area contributed by atoms with E-state index in [4.69, 9.17) is 4.42 Å². The number of fused-ring (bicyclic) bond motifs is 1. The fraction of sp³-hybridized carbons (Fsp3) is 0.667. The summed E-state index contributed by atoms with van der Waals surface area (Å²) >= 11 is 0. The van der Waals surface area contributed by atoms with E-state index in [1.807, 2.05) is 6.07 Å². The van der Waals surface area contributed by atoms with Crippen LogP contribution in [0.1, 0.15) is 5.56 Å². The van der Waals surface area contributed by atoms with Crippen LogP contribution in [0.15, 0.2) is 23.0 Å². The number of furan rings is 1. The maximum atomic E-state index is 11.8. The lowest BCUT2D eigenvalue weighted by molar-refractivity contribution is -0.142. The molecule has 134 valence electrons. The highest BCUT2D eigenvalue weighted by Crippen LogP contribution is 2.21. The number of sulfonamides is 1. The highest BCUT2D eigenvalue weighted by atomic mass is 32.2. The Morgan fingerprint density at radius 2 is 2.08 bits per heavy atom. The van der Waals surface area contributed by atoms with Crippen LogP contribution in [0.2, 0.25) is 0 Å². The number of carbonyl (C=O) groups is 1. The van der Waals surface area contributed by atoms with Crippen LogP contribution in [0.5, 0.6) is 0 Å². The van der Waals surface area contributed by atoms with Crippen LogP contribution in [0.4, 0.5) is 0 Å². The molecule has 2 saturated heterocycles. The Morgan fingerprint density at radius 1 is 1.29 bits per heavy atom. The Morgan fingerprint density at radius 3 is 2.71 bits per heavy atom. The number of hydrogen-bond donors (Lipinski definition) is 1. The van der Waals surface area contributed by atoms with Gasteiger partial charge in [-0.3, -0.25) is 14.6 Å². The summed E-state index contributed by atoms with van der Waals surface area (Å²) in [5.74, 6) is -1.29. The van der Waals surface area contributed by atoms with Crippen molar-refractivity contribution < 1.29 is 22.7 Å². The zero-order valence-electron chi connectivity index (χ0n) is 13.7. The van der Waals surface area contributed by atoms with Gasteiger partial charge in [-0.25, -0.2) is 8.42 Å². The van der Waals surface area contributed by atoms with Crippen molar-refractivity contribution in [3.05, 3.63) is 24.2 Å². The first-order valence-corrected chi connectivity index (χ1v) is 9.83. The van der Waals surface area contributed by atoms with E-state index in [1.165, 1.54) is 10.6 Å². The molecule has 0 unspecified atom stereocenters. The van der Waals surface area contributed by atoms with E-state index in [1.54, 1.807) is 12.5 Å². The number of aliphatic carboxylic acids is 1. The van der Waals surface area contributed by atoms with Gasteiger partial charge in [-0.2, -0.15) is 4.31 Å². The van der Waals surface area contributed by atoms with Gasteiger partial charge in [0, 0.05) is 57.4 Å². The highest BCUT2D eigenvalue weighted by molar-refractivity contribution is 7.88. The fourth-order valence-electron chi connectivity index (χ4n) is 3.53. The summed E-state index contributed by atoms with van der Waals surface area (Å²) in [4.78, 5) is 15.8. The van der Waals surface area contributed by atoms with E-state index >= 15 is 0 Å². The number of rotatable bonds is 4. The lowest BCUT2D eigenvalue weighted by Crippen LogP contribution is -2.57. The van der Waals surface area contributed by atoms with Crippen LogP contribution in [0.25, 0.3) is 0 Å². The molecule has 9 heteroatoms. The molecule has 2 aliphatic rings. The standard InChI is InChI=1S/C15H23N3O5S/c1-24(21,22)18-4-3-17-8-13(15(19)20)7-16(9-14(17)10-18)6-12-2-5-23-11-12/h2,5,11,13-14H,3-4,6-10H2,1H3,(H,19,20)/t13-,14-/m1/s1. The Labute approximate surface area is 141 Å². The maximum absolute atomic E-state index is 11.8. The van der Waals surface area contributed by atoms with Crippen molar-refractivity contribution in [2.45, 2.75) is 12.6 Å². The third-order valence-electron chi connectivity index (χ3n) is 4.77. The van der Waals surface area contributed by atoms with Gasteiger partial charge in [0.05, 0.1) is 24.7 Å². The molecule has 2 aliphatic heterocycles. The quantitative estimate of drug-likeness (QED) is 0.793. The first-order valence-electron chi connectivity index (χ1n) is 7.98. The van der Waals surface area contributed by atoms with Gasteiger partial charge < -0.3 is 9.52 Å². The number of piperazine rings is 1. The van der Waals surface area contributed by atoms with Crippen molar-refractivity contribution in [3.63, 3.8) is 0 Å². The van der Waals surface area contributed by atoms with Crippen molar-refractivity contribution in [1.82, 2.24) is 14.1 Å². The van der Waals surface area contributed by atoms with Gasteiger partial charge >= 0.3 is 5.97 Å². The molecular formula is C15H23N3O5S. The molecule has 3 rings (SSSR count). The average Bonchev–Trinajstić information content (AvgIpc) is 2.92. The first-order chi connectivity index (χ1) is 11.3. The molecule has 0 radical (unpaired) electrons. The molecule has 0 bridgehead atoms. The third-order valence-corrected chi connectivity index (χ3v) is 6.04. The van der Waals surface area contributed by atoms with Gasteiger partial charge in [-0.15, -0.1) is 0 Å². The van der Waals surface area contributed by atoms with E-state index in [0.29, 0.717) is 45.8 Å². The van der Waals surface area contributed by atoms with Crippen molar-refractivity contribution in [2.24, 2.45) is 5.92 Å². The molecule has 3 heterocycles. The summed E-state index contributed by atoms with van der Waals surface area (Å²) in [6, 6.07) is 1.87. The van der Waals surface area contributed by atoms with E-state index in [2.05, 4.69) is 9.80 Å². The zero-order valence-corrected chi connectivity index (χ0v) is 14.5. The Hall–Kier alpha value is -1.42. The van der Waals surface area contributed by atoms with Gasteiger partial charge in [-0.05, 0) is 6.07 Å². The molecule has 2 atom stereocenters. The van der Waals surface area contributed by atoms with Gasteiger partial charge in [0.1, 0.15) is 0 Å². The summed E-state index contributed by atoms with van der Waals surface area (Å²) in [5, 5.41) is 9.50. The number of hydrogen-bond acceptors (Lipinski definition) is 6. The predicted molar refractivity (Wildman–Crippen MR) is 86.9 cm³/mol. The van der Waals surface area contributed by atoms with Crippen LogP contribution in [-0.4, -0.2) is 85.2 Å². The molecule has 0 amide bonds. The van der Waals surface area contributed by atoms with Crippen LogP contribution in [-0.2, 0) is 21.4 Å². The second-order valence-electron chi connectivity index (χ2n) is 6.63. The molecule has 0 aromatic carbocycles. The van der Waals surface area contributed by atoms with E-state index < -0.39 is 21.9 Å². The summed E-state index contributed by atoms with van der Waals surface area (Å²) in [6.07, 6.45) is 4.48. The van der Waals surface area contributed by atoms with Crippen LogP contribution >= 0.6 is 0 Å². The normalized spacial score (nSPS) is 27.5. The van der Waals surface area contributed by atoms with Gasteiger partial charge in [-0.1, -0.05) is 0 Å². The Bertz CT molecular complexity index is 675. The van der Waals surface area contributed by atoms with E-state index in [-0.39, 0.29) is 6.04 Å². The smallest absolute Gasteiger partial charge is 0.309 e. The minimum Gasteiger partial charge on any atom is -0.481 e. The first kappa shape index (κ1) is 17.4. The summed E-state index contributed by atoms with van der Waals surface area (Å²) in [7, 11) is -3.23. The number of carboxylic acids is 1. The summed E-state index contributed by atoms with van der Waals surface area (Å²) < 4.78 is 30.3. The molecular weight excluding hydrogens is 334 g/mol. The highest BCUT2D eigenvalue weighted by Gasteiger charge is 2.38. The molecule has 0 spiro atoms. The SMILES string of the molecule is CS(=O)(=O)N1CCN2C[C@H](C(=O)O)CN(Cc3ccoc3)C[C@@H]2C1. The number of carboxylic acid groups (broad SMARTS) is 1. The van der Waals surface area contributed by atoms with Crippen LogP contribution in [0.3, 0.4) is 0 Å². The van der Waals surface area contributed by atoms with Gasteiger partial charge in [0.2, 0.25) is 10.0 Å². The minimum absolute atomic E-state index is 0.00438. The van der Waals surface area contributed by atoms with Crippen LogP contribution < -0.4 is 0 Å². The maximum Gasteiger partial charge on any atom is 0.309 e. The third kappa shape index (κ3) is 3.97. The fourth-order valence-corrected chi connectivity index (χ4v) is 4.39. The molecule has 1 aromatic heterocycles. The number of nitrogens with zero attached hydrogens (tertiary/aromatic N) is 3. The molecule has 1 aromatic rings. The zero-order chi connectivity index (χ0) is 17.3. The van der Waals surface area contributed by atoms with Crippen molar-refractivity contribution in [1.29, 1.82) is 0 Å². The Balaban J connectivity index is 1.77. The molecule has 2 fully saturated rings. The van der Waals surface area contributed by atoms with E-state index in [0.717, 1.165) is 5.56 Å². The van der Waals surface area contributed by atoms with Crippen molar-refractivity contribution in [3.8, 4) is 0 Å². The van der Waals surface area contributed by atoms with Crippen molar-refractivity contribution >= 4 is 16.0 Å². The lowest BCUT2D eigenvalue weighted by Gasteiger charge is -2.40. The predicted octanol–water partition coefficient (Wildman–Crippen LogP) is -0.258. The second-order valence-corrected chi connectivity index (χ2v) is 8.61. The lowest BCUT2D eigenvalue weighted by atomic mass is 10.1. The van der Waals surface area contributed by atoms with Gasteiger partial charge in [0.25, 0.3) is 0 Å². The van der Waals surface area contributed by atoms with Crippen LogP contribution in [0, 0.1) is 5.92 Å². The van der Waals surface area contributed by atoms with Crippen molar-refractivity contribution in [2.75, 3.05) is 45.5 Å². The summed E-state index contributed by atoms with van der Waals surface area (Å²) in [6.45, 7) is 3.55. The second kappa shape index (κ2) is 6.83. The topological polar surface area (TPSA) is 94.3 Å². The van der Waals surface area contributed by atoms with Gasteiger partial charge in [0.15, 0.2) is 0 Å². The average molecular weight is 357 g/mol. The van der Waals surface area contributed by atoms with E-state index in [9.17, 15) is 18.3 Å². The molecule has 1 N–H and O–H groups in total. The monoisotopic (exact) mass is 357 g/mol. The molecule has 8 nitrogen and oxygen atoms in total. The molecule has 0 saturated carbocycles. The molecule has 0 aliphatic carbocycles. The molecule has 24 heavy (non-hydrogen) atoms. The Kier molecular flexibility index (Phi) is 4.95. The summed E-state index contributed by atoms with van der Waals surface area (Å²) in [5.41, 5.74) is 0.989. The minimum atomic E-state index is -3.23. The largest absolute Gasteiger partial charge is 0.481 e.